The number of allylic oxidation sites excluding steroid dienone is 1. The molecule has 0 aromatic carbocycles. The molecule has 0 aliphatic heterocycles. The van der Waals surface area contributed by atoms with Crippen molar-refractivity contribution in [2.24, 2.45) is 5.92 Å². The summed E-state index contributed by atoms with van der Waals surface area (Å²) in [4.78, 5) is 12.3. The Morgan fingerprint density at radius 2 is 2.25 bits per heavy atom. The maximum atomic E-state index is 12.3. The zero-order chi connectivity index (χ0) is 14.5. The Labute approximate surface area is 120 Å². The summed E-state index contributed by atoms with van der Waals surface area (Å²) in [6.45, 7) is 4.85. The van der Waals surface area contributed by atoms with Crippen LogP contribution in [-0.4, -0.2) is 27.4 Å². The monoisotopic (exact) mass is 278 g/mol. The number of hydrogen-bond donors (Lipinski definition) is 1. The van der Waals surface area contributed by atoms with Gasteiger partial charge in [-0.1, -0.05) is 18.9 Å². The van der Waals surface area contributed by atoms with Crippen LogP contribution in [0.5, 0.6) is 0 Å². The molecule has 1 N–H and O–H groups in total. The van der Waals surface area contributed by atoms with Gasteiger partial charge < -0.3 is 5.32 Å². The van der Waals surface area contributed by atoms with Gasteiger partial charge in [0.2, 0.25) is 0 Å². The smallest absolute Gasteiger partial charge is 0.317 e. The average molecular weight is 278 g/mol. The average Bonchev–Trinajstić information content (AvgIpc) is 3.07. The van der Waals surface area contributed by atoms with E-state index >= 15 is 0 Å². The van der Waals surface area contributed by atoms with Crippen LogP contribution in [0.15, 0.2) is 17.2 Å². The minimum Gasteiger partial charge on any atom is -0.317 e. The van der Waals surface area contributed by atoms with Crippen LogP contribution in [-0.2, 0) is 6.54 Å². The second-order valence-electron chi connectivity index (χ2n) is 5.89. The topological polar surface area (TPSA) is 51.9 Å². The van der Waals surface area contributed by atoms with E-state index < -0.39 is 0 Å². The Morgan fingerprint density at radius 3 is 2.90 bits per heavy atom. The summed E-state index contributed by atoms with van der Waals surface area (Å²) in [6.07, 6.45) is 9.68. The van der Waals surface area contributed by atoms with Crippen molar-refractivity contribution >= 4 is 5.70 Å². The van der Waals surface area contributed by atoms with Crippen molar-refractivity contribution in [3.05, 3.63) is 22.9 Å². The summed E-state index contributed by atoms with van der Waals surface area (Å²) in [6, 6.07) is 0.411. The fraction of sp³-hybridized carbons (Fsp3) is 0.733. The molecule has 1 aliphatic rings. The molecule has 0 spiro atoms. The first kappa shape index (κ1) is 15.0. The molecule has 1 heterocycles. The Hall–Kier alpha value is -1.36. The van der Waals surface area contributed by atoms with Crippen LogP contribution < -0.4 is 11.0 Å². The number of nitrogens with one attached hydrogen (secondary N) is 1. The predicted octanol–water partition coefficient (Wildman–Crippen LogP) is 2.09. The van der Waals surface area contributed by atoms with Gasteiger partial charge in [-0.25, -0.2) is 9.48 Å². The molecular formula is C15H26N4O. The van der Waals surface area contributed by atoms with E-state index in [-0.39, 0.29) is 5.69 Å². The van der Waals surface area contributed by atoms with Gasteiger partial charge in [0.05, 0.1) is 0 Å². The molecule has 1 unspecified atom stereocenters. The van der Waals surface area contributed by atoms with Crippen molar-refractivity contribution in [1.29, 1.82) is 0 Å². The predicted molar refractivity (Wildman–Crippen MR) is 81.5 cm³/mol. The number of hydrogen-bond acceptors (Lipinski definition) is 3. The largest absolute Gasteiger partial charge is 0.350 e. The molecular weight excluding hydrogens is 252 g/mol. The number of aromatic nitrogens is 3. The highest BCUT2D eigenvalue weighted by molar-refractivity contribution is 5.40. The van der Waals surface area contributed by atoms with Crippen LogP contribution in [0.1, 0.15) is 46.0 Å². The third-order valence-corrected chi connectivity index (χ3v) is 4.28. The van der Waals surface area contributed by atoms with Crippen LogP contribution >= 0.6 is 0 Å². The summed E-state index contributed by atoms with van der Waals surface area (Å²) < 4.78 is 3.27. The van der Waals surface area contributed by atoms with Gasteiger partial charge in [0.25, 0.3) is 0 Å². The third-order valence-electron chi connectivity index (χ3n) is 4.28. The van der Waals surface area contributed by atoms with E-state index in [2.05, 4.69) is 23.4 Å². The lowest BCUT2D eigenvalue weighted by Crippen LogP contribution is -2.26. The molecule has 1 atom stereocenters. The van der Waals surface area contributed by atoms with Gasteiger partial charge in [0.1, 0.15) is 6.33 Å². The van der Waals surface area contributed by atoms with Crippen molar-refractivity contribution in [3.63, 3.8) is 0 Å². The second kappa shape index (κ2) is 6.88. The Morgan fingerprint density at radius 1 is 1.55 bits per heavy atom. The highest BCUT2D eigenvalue weighted by Crippen LogP contribution is 2.25. The van der Waals surface area contributed by atoms with Crippen molar-refractivity contribution in [3.8, 4) is 0 Å². The summed E-state index contributed by atoms with van der Waals surface area (Å²) >= 11 is 0. The molecule has 1 saturated carbocycles. The van der Waals surface area contributed by atoms with Crippen molar-refractivity contribution in [2.45, 2.75) is 58.5 Å². The zero-order valence-electron chi connectivity index (χ0n) is 12.8. The van der Waals surface area contributed by atoms with Crippen LogP contribution in [0, 0.1) is 5.92 Å². The van der Waals surface area contributed by atoms with Gasteiger partial charge in [-0.3, -0.25) is 4.57 Å². The van der Waals surface area contributed by atoms with E-state index in [9.17, 15) is 4.79 Å². The SMILES string of the molecule is CNC(C)C/C=C(\C)n1cnn(CC2CCCC2)c1=O. The van der Waals surface area contributed by atoms with Gasteiger partial charge in [0, 0.05) is 18.3 Å². The maximum Gasteiger partial charge on any atom is 0.350 e. The van der Waals surface area contributed by atoms with Crippen molar-refractivity contribution in [2.75, 3.05) is 7.05 Å². The quantitative estimate of drug-likeness (QED) is 0.867. The van der Waals surface area contributed by atoms with E-state index in [1.54, 1.807) is 15.6 Å². The normalized spacial score (nSPS) is 18.6. The maximum absolute atomic E-state index is 12.3. The summed E-state index contributed by atoms with van der Waals surface area (Å²) in [5, 5.41) is 7.45. The lowest BCUT2D eigenvalue weighted by atomic mass is 10.1. The molecule has 0 bridgehead atoms. The van der Waals surface area contributed by atoms with Gasteiger partial charge in [-0.15, -0.1) is 0 Å². The van der Waals surface area contributed by atoms with E-state index in [1.165, 1.54) is 25.7 Å². The minimum absolute atomic E-state index is 0.0113. The van der Waals surface area contributed by atoms with Gasteiger partial charge in [-0.2, -0.15) is 5.10 Å². The number of nitrogens with zero attached hydrogens (tertiary/aromatic N) is 3. The molecule has 5 nitrogen and oxygen atoms in total. The van der Waals surface area contributed by atoms with E-state index in [4.69, 9.17) is 0 Å². The molecule has 112 valence electrons. The molecule has 1 aliphatic carbocycles. The van der Waals surface area contributed by atoms with Crippen LogP contribution in [0.3, 0.4) is 0 Å². The standard InChI is InChI=1S/C15H26N4O/c1-12(16-3)8-9-13(2)18-11-17-19(15(18)20)10-14-6-4-5-7-14/h9,11-12,14,16H,4-8,10H2,1-3H3/b13-9+. The minimum atomic E-state index is -0.0113. The van der Waals surface area contributed by atoms with Crippen molar-refractivity contribution < 1.29 is 0 Å². The highest BCUT2D eigenvalue weighted by Gasteiger charge is 2.17. The van der Waals surface area contributed by atoms with Crippen LogP contribution in [0.4, 0.5) is 0 Å². The molecule has 20 heavy (non-hydrogen) atoms. The molecule has 5 heteroatoms. The summed E-state index contributed by atoms with van der Waals surface area (Å²) in [5.74, 6) is 0.629. The first-order chi connectivity index (χ1) is 9.61. The molecule has 0 amide bonds. The first-order valence-corrected chi connectivity index (χ1v) is 7.60. The fourth-order valence-corrected chi connectivity index (χ4v) is 2.71. The molecule has 1 aromatic rings. The van der Waals surface area contributed by atoms with E-state index in [1.807, 2.05) is 14.0 Å². The third kappa shape index (κ3) is 3.60. The lowest BCUT2D eigenvalue weighted by molar-refractivity contribution is 0.419. The number of rotatable bonds is 6. The second-order valence-corrected chi connectivity index (χ2v) is 5.89. The fourth-order valence-electron chi connectivity index (χ4n) is 2.71. The van der Waals surface area contributed by atoms with Crippen molar-refractivity contribution in [1.82, 2.24) is 19.7 Å². The first-order valence-electron chi connectivity index (χ1n) is 7.60. The lowest BCUT2D eigenvalue weighted by Gasteiger charge is -2.08. The highest BCUT2D eigenvalue weighted by atomic mass is 16.2. The Bertz CT molecular complexity index is 508. The Balaban J connectivity index is 2.05. The zero-order valence-corrected chi connectivity index (χ0v) is 12.8. The van der Waals surface area contributed by atoms with Gasteiger partial charge in [0.15, 0.2) is 0 Å². The molecule has 1 aromatic heterocycles. The Kier molecular flexibility index (Phi) is 5.17. The molecule has 1 fully saturated rings. The van der Waals surface area contributed by atoms with Gasteiger partial charge in [-0.05, 0) is 46.1 Å². The van der Waals surface area contributed by atoms with Crippen LogP contribution in [0.2, 0.25) is 0 Å². The summed E-state index contributed by atoms with van der Waals surface area (Å²) in [7, 11) is 1.94. The summed E-state index contributed by atoms with van der Waals surface area (Å²) in [5.41, 5.74) is 0.942. The van der Waals surface area contributed by atoms with Gasteiger partial charge >= 0.3 is 5.69 Å². The molecule has 2 rings (SSSR count). The molecule has 0 radical (unpaired) electrons. The molecule has 0 saturated heterocycles. The van der Waals surface area contributed by atoms with E-state index in [0.717, 1.165) is 18.7 Å². The van der Waals surface area contributed by atoms with Crippen LogP contribution in [0.25, 0.3) is 5.70 Å². The van der Waals surface area contributed by atoms with E-state index in [0.29, 0.717) is 12.0 Å².